The Morgan fingerprint density at radius 1 is 0.247 bits per heavy atom. The number of carbonyl (C=O) groups excluding carboxylic acids is 8. The number of benzene rings is 5. The highest BCUT2D eigenvalue weighted by Gasteiger charge is 2.24. The van der Waals surface area contributed by atoms with Crippen LogP contribution in [0.2, 0.25) is 0 Å². The van der Waals surface area contributed by atoms with Crippen LogP contribution in [0.1, 0.15) is 305 Å². The van der Waals surface area contributed by atoms with Gasteiger partial charge in [0, 0.05) is 0 Å². The van der Waals surface area contributed by atoms with Crippen molar-refractivity contribution < 1.29 is 76.3 Å². The molecule has 0 bridgehead atoms. The molecule has 0 saturated heterocycles. The van der Waals surface area contributed by atoms with Crippen LogP contribution < -0.4 is 0 Å². The first kappa shape index (κ1) is 84.9. The molecule has 2 unspecified atom stereocenters. The maximum atomic E-state index is 12.6. The highest BCUT2D eigenvalue weighted by atomic mass is 16.6. The fraction of sp³-hybridized carbons (Fsp3) is 0.531. The second-order valence-corrected chi connectivity index (χ2v) is 23.8. The molecule has 5 aromatic rings. The average molecular weight is 1340 g/mol. The highest BCUT2D eigenvalue weighted by Crippen LogP contribution is 2.21. The standard InChI is InChI=1S/C24H38O4.C22H34O4.C19H20O4.C16H22O4/c1-5-9-13-19(7-3)17-27-23(25)21-15-11-12-16-22(21)24(26)28-18-20(8-4)14-10-6-2;1-3-5-7-9-13-17-25-21(23)19-15-11-12-16-20(19)22(24)26-18-14-10-8-6-4-2;1-2-3-13-22-18(20)16-11-7-8-12-17(16)19(21)23-14-15-9-5-4-6-10-15;1-3-5-11-19-15(17)13-9-7-8-10-14(13)16(18)20-12-6-4-2/h11-12,15-16,19-20H,5-10,13-14,17-18H2,1-4H3;11-12,15-16H,3-10,13-14,17-18H2,1-2H3;4-12H,2-3,13-14H2,1H3;7-10H,3-6,11-12H2,1-2H3. The fourth-order valence-electron chi connectivity index (χ4n) is 9.55. The highest BCUT2D eigenvalue weighted by molar-refractivity contribution is 6.05. The molecule has 0 radical (unpaired) electrons. The van der Waals surface area contributed by atoms with Crippen LogP contribution in [0, 0.1) is 11.8 Å². The van der Waals surface area contributed by atoms with Crippen LogP contribution in [-0.4, -0.2) is 94.0 Å². The van der Waals surface area contributed by atoms with Gasteiger partial charge in [-0.25, -0.2) is 38.4 Å². The van der Waals surface area contributed by atoms with Crippen LogP contribution in [0.3, 0.4) is 0 Å². The van der Waals surface area contributed by atoms with Crippen molar-refractivity contribution in [2.24, 2.45) is 11.8 Å². The maximum Gasteiger partial charge on any atom is 0.339 e. The van der Waals surface area contributed by atoms with Gasteiger partial charge in [0.1, 0.15) is 6.61 Å². The topological polar surface area (TPSA) is 210 Å². The quantitative estimate of drug-likeness (QED) is 0.0202. The molecule has 5 rings (SSSR count). The summed E-state index contributed by atoms with van der Waals surface area (Å²) >= 11 is 0. The van der Waals surface area contributed by atoms with Crippen LogP contribution in [0.5, 0.6) is 0 Å². The van der Waals surface area contributed by atoms with Crippen molar-refractivity contribution in [1.82, 2.24) is 0 Å². The van der Waals surface area contributed by atoms with Gasteiger partial charge in [0.2, 0.25) is 0 Å². The predicted octanol–water partition coefficient (Wildman–Crippen LogP) is 20.0. The third-order valence-corrected chi connectivity index (χ3v) is 15.8. The van der Waals surface area contributed by atoms with Crippen molar-refractivity contribution in [3.63, 3.8) is 0 Å². The molecule has 0 fully saturated rings. The number of unbranched alkanes of at least 4 members (excludes halogenated alkanes) is 13. The Balaban J connectivity index is 0.000000443. The first-order valence-electron chi connectivity index (χ1n) is 36.0. The minimum atomic E-state index is -0.531. The summed E-state index contributed by atoms with van der Waals surface area (Å²) in [6.45, 7) is 21.8. The summed E-state index contributed by atoms with van der Waals surface area (Å²) in [6.07, 6.45) is 24.8. The van der Waals surface area contributed by atoms with Crippen LogP contribution in [0.25, 0.3) is 0 Å². The molecular weight excluding hydrogens is 1230 g/mol. The molecule has 0 aromatic heterocycles. The molecule has 2 atom stereocenters. The van der Waals surface area contributed by atoms with E-state index < -0.39 is 47.8 Å². The lowest BCUT2D eigenvalue weighted by Gasteiger charge is -2.17. The van der Waals surface area contributed by atoms with Gasteiger partial charge in [-0.2, -0.15) is 0 Å². The van der Waals surface area contributed by atoms with E-state index in [4.69, 9.17) is 37.9 Å². The summed E-state index contributed by atoms with van der Waals surface area (Å²) in [5.74, 6) is -3.02. The molecule has 0 spiro atoms. The Hall–Kier alpha value is -8.14. The smallest absolute Gasteiger partial charge is 0.339 e. The molecule has 16 nitrogen and oxygen atoms in total. The van der Waals surface area contributed by atoms with E-state index in [-0.39, 0.29) is 40.0 Å². The summed E-state index contributed by atoms with van der Waals surface area (Å²) in [5.41, 5.74) is 3.05. The molecule has 0 N–H and O–H groups in total. The van der Waals surface area contributed by atoms with Gasteiger partial charge in [-0.1, -0.05) is 250 Å². The second-order valence-electron chi connectivity index (χ2n) is 23.8. The van der Waals surface area contributed by atoms with Crippen molar-refractivity contribution in [3.05, 3.63) is 177 Å². The van der Waals surface area contributed by atoms with E-state index in [9.17, 15) is 38.4 Å². The lowest BCUT2D eigenvalue weighted by atomic mass is 10.0. The molecule has 0 aliphatic heterocycles. The molecule has 16 heteroatoms. The number of hydrogen-bond acceptors (Lipinski definition) is 16. The van der Waals surface area contributed by atoms with E-state index in [1.165, 1.54) is 25.7 Å². The second kappa shape index (κ2) is 54.9. The van der Waals surface area contributed by atoms with Crippen LogP contribution in [0.4, 0.5) is 0 Å². The van der Waals surface area contributed by atoms with E-state index >= 15 is 0 Å². The van der Waals surface area contributed by atoms with Crippen molar-refractivity contribution in [1.29, 1.82) is 0 Å². The number of ether oxygens (including phenoxy) is 8. The molecule has 0 aliphatic carbocycles. The van der Waals surface area contributed by atoms with E-state index in [0.717, 1.165) is 134 Å². The Bertz CT molecular complexity index is 2850. The third-order valence-electron chi connectivity index (χ3n) is 15.8. The van der Waals surface area contributed by atoms with Crippen LogP contribution in [0.15, 0.2) is 127 Å². The zero-order valence-electron chi connectivity index (χ0n) is 59.9. The van der Waals surface area contributed by atoms with E-state index in [0.29, 0.717) is 69.2 Å². The van der Waals surface area contributed by atoms with Crippen molar-refractivity contribution in [2.45, 2.75) is 223 Å². The van der Waals surface area contributed by atoms with Gasteiger partial charge in [-0.3, -0.25) is 0 Å². The summed E-state index contributed by atoms with van der Waals surface area (Å²) in [4.78, 5) is 97.9. The van der Waals surface area contributed by atoms with Crippen LogP contribution in [-0.2, 0) is 44.5 Å². The van der Waals surface area contributed by atoms with Gasteiger partial charge in [0.05, 0.1) is 90.8 Å². The molecule has 97 heavy (non-hydrogen) atoms. The zero-order valence-corrected chi connectivity index (χ0v) is 59.9. The van der Waals surface area contributed by atoms with E-state index in [2.05, 4.69) is 41.5 Å². The first-order chi connectivity index (χ1) is 47.2. The monoisotopic (exact) mass is 1340 g/mol. The molecule has 0 heterocycles. The fourth-order valence-corrected chi connectivity index (χ4v) is 9.55. The Kier molecular flexibility index (Phi) is 48.1. The lowest BCUT2D eigenvalue weighted by molar-refractivity contribution is 0.0381. The number of rotatable bonds is 43. The Labute approximate surface area is 579 Å². The van der Waals surface area contributed by atoms with Crippen molar-refractivity contribution in [2.75, 3.05) is 46.2 Å². The van der Waals surface area contributed by atoms with Gasteiger partial charge in [-0.05, 0) is 111 Å². The van der Waals surface area contributed by atoms with Gasteiger partial charge in [0.15, 0.2) is 0 Å². The molecule has 5 aromatic carbocycles. The van der Waals surface area contributed by atoms with Crippen molar-refractivity contribution in [3.8, 4) is 0 Å². The molecule has 0 aliphatic rings. The van der Waals surface area contributed by atoms with Gasteiger partial charge >= 0.3 is 47.8 Å². The average Bonchev–Trinajstić information content (AvgIpc) is 0.907. The Morgan fingerprint density at radius 2 is 0.474 bits per heavy atom. The van der Waals surface area contributed by atoms with Gasteiger partial charge in [-0.15, -0.1) is 0 Å². The largest absolute Gasteiger partial charge is 0.462 e. The molecule has 0 saturated carbocycles. The first-order valence-corrected chi connectivity index (χ1v) is 36.0. The van der Waals surface area contributed by atoms with E-state index in [1.807, 2.05) is 51.1 Å². The lowest BCUT2D eigenvalue weighted by Crippen LogP contribution is -2.19. The third kappa shape index (κ3) is 36.1. The summed E-state index contributed by atoms with van der Waals surface area (Å²) in [6, 6.07) is 36.0. The van der Waals surface area contributed by atoms with Crippen LogP contribution >= 0.6 is 0 Å². The number of hydrogen-bond donors (Lipinski definition) is 0. The number of esters is 8. The minimum absolute atomic E-state index is 0.166. The zero-order chi connectivity index (χ0) is 71.1. The maximum absolute atomic E-state index is 12.6. The van der Waals surface area contributed by atoms with Gasteiger partial charge in [0.25, 0.3) is 0 Å². The van der Waals surface area contributed by atoms with Crippen molar-refractivity contribution >= 4 is 47.8 Å². The van der Waals surface area contributed by atoms with E-state index in [1.54, 1.807) is 97.1 Å². The summed E-state index contributed by atoms with van der Waals surface area (Å²) < 4.78 is 42.4. The number of carbonyl (C=O) groups is 8. The minimum Gasteiger partial charge on any atom is -0.462 e. The molecule has 0 amide bonds. The molecule has 534 valence electrons. The Morgan fingerprint density at radius 3 is 0.732 bits per heavy atom. The predicted molar refractivity (Wildman–Crippen MR) is 382 cm³/mol. The summed E-state index contributed by atoms with van der Waals surface area (Å²) in [5, 5.41) is 0. The molecular formula is C81H114O16. The normalized spacial score (nSPS) is 11.1. The SMILES string of the molecule is CCCCC(CC)COC(=O)c1ccccc1C(=O)OCC(CC)CCCC.CCCCCCCOC(=O)c1ccccc1C(=O)OCCCCCCC.CCCCOC(=O)c1ccccc1C(=O)OCCCC.CCCCOC(=O)c1ccccc1C(=O)OCc1ccccc1. The summed E-state index contributed by atoms with van der Waals surface area (Å²) in [7, 11) is 0. The van der Waals surface area contributed by atoms with Gasteiger partial charge < -0.3 is 37.9 Å².